The molecule has 0 atom stereocenters. The second kappa shape index (κ2) is 6.87. The van der Waals surface area contributed by atoms with Gasteiger partial charge in [0.15, 0.2) is 0 Å². The molecule has 1 aromatic carbocycles. The molecular formula is C16H15BrN4O2. The molecule has 0 unspecified atom stereocenters. The van der Waals surface area contributed by atoms with Crippen molar-refractivity contribution in [3.05, 3.63) is 58.1 Å². The Morgan fingerprint density at radius 3 is 2.61 bits per heavy atom. The van der Waals surface area contributed by atoms with Gasteiger partial charge >= 0.3 is 0 Å². The summed E-state index contributed by atoms with van der Waals surface area (Å²) in [6.45, 7) is 0.308. The van der Waals surface area contributed by atoms with E-state index in [1.807, 2.05) is 6.07 Å². The van der Waals surface area contributed by atoms with E-state index in [2.05, 4.69) is 36.5 Å². The number of benzene rings is 1. The van der Waals surface area contributed by atoms with Crippen molar-refractivity contribution in [1.29, 1.82) is 0 Å². The van der Waals surface area contributed by atoms with Crippen LogP contribution in [0.25, 0.3) is 0 Å². The van der Waals surface area contributed by atoms with Crippen LogP contribution < -0.4 is 10.6 Å². The average molecular weight is 375 g/mol. The van der Waals surface area contributed by atoms with Crippen LogP contribution in [0.15, 0.2) is 41.1 Å². The Labute approximate surface area is 141 Å². The van der Waals surface area contributed by atoms with Crippen LogP contribution in [0.5, 0.6) is 0 Å². The van der Waals surface area contributed by atoms with Crippen LogP contribution >= 0.6 is 15.9 Å². The highest BCUT2D eigenvalue weighted by atomic mass is 79.9. The fraction of sp³-hybridized carbons (Fsp3) is 0.250. The lowest BCUT2D eigenvalue weighted by Gasteiger charge is -2.07. The minimum atomic E-state index is -0.356. The number of carbonyl (C=O) groups excluding carboxylic acids is 2. The summed E-state index contributed by atoms with van der Waals surface area (Å²) in [7, 11) is 0. The van der Waals surface area contributed by atoms with E-state index in [1.165, 1.54) is 12.4 Å². The van der Waals surface area contributed by atoms with E-state index in [0.717, 1.165) is 18.4 Å². The first-order valence-electron chi connectivity index (χ1n) is 7.27. The molecule has 0 radical (unpaired) electrons. The fourth-order valence-electron chi connectivity index (χ4n) is 2.01. The summed E-state index contributed by atoms with van der Waals surface area (Å²) in [6, 6.07) is 7.53. The third kappa shape index (κ3) is 4.35. The number of carbonyl (C=O) groups is 2. The maximum absolute atomic E-state index is 12.0. The van der Waals surface area contributed by atoms with Crippen molar-refractivity contribution >= 4 is 27.7 Å². The molecule has 7 heteroatoms. The molecule has 0 aliphatic heterocycles. The van der Waals surface area contributed by atoms with E-state index in [9.17, 15) is 9.59 Å². The lowest BCUT2D eigenvalue weighted by molar-refractivity contribution is 0.0938. The lowest BCUT2D eigenvalue weighted by atomic mass is 10.1. The summed E-state index contributed by atoms with van der Waals surface area (Å²) in [6.07, 6.45) is 5.14. The van der Waals surface area contributed by atoms with Crippen molar-refractivity contribution in [2.75, 3.05) is 0 Å². The summed E-state index contributed by atoms with van der Waals surface area (Å²) < 4.78 is 0.712. The van der Waals surface area contributed by atoms with Crippen molar-refractivity contribution < 1.29 is 9.59 Å². The fourth-order valence-corrected chi connectivity index (χ4v) is 2.21. The first kappa shape index (κ1) is 15.6. The molecule has 1 aliphatic carbocycles. The van der Waals surface area contributed by atoms with Gasteiger partial charge < -0.3 is 10.6 Å². The van der Waals surface area contributed by atoms with E-state index in [-0.39, 0.29) is 17.6 Å². The topological polar surface area (TPSA) is 84.0 Å². The quantitative estimate of drug-likeness (QED) is 0.838. The molecular weight excluding hydrogens is 360 g/mol. The van der Waals surface area contributed by atoms with Gasteiger partial charge in [0.25, 0.3) is 11.8 Å². The van der Waals surface area contributed by atoms with Gasteiger partial charge in [-0.3, -0.25) is 9.59 Å². The Morgan fingerprint density at radius 2 is 1.91 bits per heavy atom. The standard InChI is InChI=1S/C16H15BrN4O2/c17-12-8-18-14(19-9-12)16(23)20-7-10-2-1-3-11(6-10)15(22)21-13-4-5-13/h1-3,6,8-9,13H,4-5,7H2,(H,20,23)(H,21,22). The number of halogens is 1. The molecule has 23 heavy (non-hydrogen) atoms. The summed E-state index contributed by atoms with van der Waals surface area (Å²) in [4.78, 5) is 31.9. The minimum absolute atomic E-state index is 0.0723. The molecule has 0 saturated heterocycles. The highest BCUT2D eigenvalue weighted by Crippen LogP contribution is 2.19. The summed E-state index contributed by atoms with van der Waals surface area (Å²) in [5, 5.41) is 5.69. The normalized spacial score (nSPS) is 13.4. The second-order valence-electron chi connectivity index (χ2n) is 5.36. The van der Waals surface area contributed by atoms with E-state index < -0.39 is 0 Å². The number of amides is 2. The second-order valence-corrected chi connectivity index (χ2v) is 6.27. The van der Waals surface area contributed by atoms with Crippen molar-refractivity contribution in [3.63, 3.8) is 0 Å². The number of nitrogens with zero attached hydrogens (tertiary/aromatic N) is 2. The van der Waals surface area contributed by atoms with Crippen LogP contribution in [-0.2, 0) is 6.54 Å². The molecule has 2 amide bonds. The molecule has 0 spiro atoms. The van der Waals surface area contributed by atoms with Gasteiger partial charge in [-0.15, -0.1) is 0 Å². The van der Waals surface area contributed by atoms with Crippen molar-refractivity contribution in [2.45, 2.75) is 25.4 Å². The van der Waals surface area contributed by atoms with Crippen molar-refractivity contribution in [3.8, 4) is 0 Å². The van der Waals surface area contributed by atoms with Crippen LogP contribution in [-0.4, -0.2) is 27.8 Å². The molecule has 1 saturated carbocycles. The molecule has 6 nitrogen and oxygen atoms in total. The largest absolute Gasteiger partial charge is 0.349 e. The van der Waals surface area contributed by atoms with Gasteiger partial charge in [-0.1, -0.05) is 12.1 Å². The molecule has 1 fully saturated rings. The maximum atomic E-state index is 12.0. The maximum Gasteiger partial charge on any atom is 0.289 e. The van der Waals surface area contributed by atoms with Gasteiger partial charge in [0.05, 0.1) is 4.47 Å². The van der Waals surface area contributed by atoms with Gasteiger partial charge in [0.1, 0.15) is 0 Å². The number of hydrogen-bond donors (Lipinski definition) is 2. The van der Waals surface area contributed by atoms with E-state index >= 15 is 0 Å². The molecule has 3 rings (SSSR count). The average Bonchev–Trinajstić information content (AvgIpc) is 3.37. The molecule has 118 valence electrons. The Bertz CT molecular complexity index is 729. The van der Waals surface area contributed by atoms with Gasteiger partial charge in [-0.25, -0.2) is 9.97 Å². The third-order valence-corrected chi connectivity index (χ3v) is 3.79. The first-order chi connectivity index (χ1) is 11.1. The highest BCUT2D eigenvalue weighted by Gasteiger charge is 2.23. The van der Waals surface area contributed by atoms with E-state index in [4.69, 9.17) is 0 Å². The molecule has 1 aromatic heterocycles. The smallest absolute Gasteiger partial charge is 0.289 e. The minimum Gasteiger partial charge on any atom is -0.349 e. The Hall–Kier alpha value is -2.28. The predicted molar refractivity (Wildman–Crippen MR) is 87.8 cm³/mol. The molecule has 1 heterocycles. The molecule has 2 aromatic rings. The number of hydrogen-bond acceptors (Lipinski definition) is 4. The van der Waals surface area contributed by atoms with Crippen LogP contribution in [0.2, 0.25) is 0 Å². The SMILES string of the molecule is O=C(NC1CC1)c1cccc(CNC(=O)c2ncc(Br)cn2)c1. The Kier molecular flexibility index (Phi) is 4.66. The van der Waals surface area contributed by atoms with Gasteiger partial charge in [0.2, 0.25) is 5.82 Å². The number of rotatable bonds is 5. The van der Waals surface area contributed by atoms with Crippen molar-refractivity contribution in [2.24, 2.45) is 0 Å². The lowest BCUT2D eigenvalue weighted by Crippen LogP contribution is -2.26. The van der Waals surface area contributed by atoms with Crippen LogP contribution in [0.4, 0.5) is 0 Å². The summed E-state index contributed by atoms with van der Waals surface area (Å²) >= 11 is 3.22. The Morgan fingerprint density at radius 1 is 1.17 bits per heavy atom. The van der Waals surface area contributed by atoms with E-state index in [1.54, 1.807) is 18.2 Å². The number of aromatic nitrogens is 2. The number of nitrogens with one attached hydrogen (secondary N) is 2. The molecule has 1 aliphatic rings. The monoisotopic (exact) mass is 374 g/mol. The summed E-state index contributed by atoms with van der Waals surface area (Å²) in [5.74, 6) is -0.321. The van der Waals surface area contributed by atoms with Crippen LogP contribution in [0, 0.1) is 0 Å². The highest BCUT2D eigenvalue weighted by molar-refractivity contribution is 9.10. The van der Waals surface area contributed by atoms with Crippen LogP contribution in [0.3, 0.4) is 0 Å². The third-order valence-electron chi connectivity index (χ3n) is 3.38. The molecule has 2 N–H and O–H groups in total. The summed E-state index contributed by atoms with van der Waals surface area (Å²) in [5.41, 5.74) is 1.45. The first-order valence-corrected chi connectivity index (χ1v) is 8.06. The van der Waals surface area contributed by atoms with Crippen molar-refractivity contribution in [1.82, 2.24) is 20.6 Å². The van der Waals surface area contributed by atoms with E-state index in [0.29, 0.717) is 22.6 Å². The predicted octanol–water partition coefficient (Wildman–Crippen LogP) is 2.06. The van der Waals surface area contributed by atoms with Gasteiger partial charge in [-0.2, -0.15) is 0 Å². The van der Waals surface area contributed by atoms with Crippen LogP contribution in [0.1, 0.15) is 39.4 Å². The zero-order valence-corrected chi connectivity index (χ0v) is 13.8. The van der Waals surface area contributed by atoms with Gasteiger partial charge in [0, 0.05) is 30.5 Å². The van der Waals surface area contributed by atoms with Gasteiger partial charge in [-0.05, 0) is 46.5 Å². The molecule has 0 bridgehead atoms. The zero-order chi connectivity index (χ0) is 16.2. The zero-order valence-electron chi connectivity index (χ0n) is 12.3. The Balaban J connectivity index is 1.60.